The van der Waals surface area contributed by atoms with E-state index < -0.39 is 25.2 Å². The van der Waals surface area contributed by atoms with Crippen LogP contribution in [0.3, 0.4) is 0 Å². The molecule has 3 atom stereocenters. The van der Waals surface area contributed by atoms with Crippen LogP contribution < -0.4 is 0 Å². The van der Waals surface area contributed by atoms with Gasteiger partial charge in [-0.15, -0.1) is 0 Å². The Morgan fingerprint density at radius 3 is 2.21 bits per heavy atom. The summed E-state index contributed by atoms with van der Waals surface area (Å²) in [5, 5.41) is 0. The van der Waals surface area contributed by atoms with Gasteiger partial charge in [0.25, 0.3) is 0 Å². The minimum atomic E-state index is -3.54. The van der Waals surface area contributed by atoms with Gasteiger partial charge in [0.05, 0.1) is 30.8 Å². The SMILES string of the molecule is CCOP(=O)(OCC)[C@@H]1CC=C[C@@H](N2C(=O)CCC2=O)[C@H]1C(C)=O. The molecule has 0 N–H and O–H groups in total. The number of carbonyl (C=O) groups excluding carboxylic acids is 3. The van der Waals surface area contributed by atoms with Gasteiger partial charge in [-0.3, -0.25) is 23.8 Å². The summed E-state index contributed by atoms with van der Waals surface area (Å²) in [5.74, 6) is -1.63. The summed E-state index contributed by atoms with van der Waals surface area (Å²) >= 11 is 0. The summed E-state index contributed by atoms with van der Waals surface area (Å²) in [6.07, 6.45) is 4.07. The zero-order valence-electron chi connectivity index (χ0n) is 14.3. The van der Waals surface area contributed by atoms with E-state index in [-0.39, 0.29) is 43.7 Å². The third-order valence-corrected chi connectivity index (χ3v) is 6.96. The Morgan fingerprint density at radius 2 is 1.75 bits per heavy atom. The van der Waals surface area contributed by atoms with Gasteiger partial charge >= 0.3 is 7.60 Å². The van der Waals surface area contributed by atoms with Crippen LogP contribution in [0.25, 0.3) is 0 Å². The van der Waals surface area contributed by atoms with Crippen molar-refractivity contribution >= 4 is 25.2 Å². The maximum Gasteiger partial charge on any atom is 0.334 e. The first-order valence-electron chi connectivity index (χ1n) is 8.26. The van der Waals surface area contributed by atoms with Crippen molar-refractivity contribution in [1.29, 1.82) is 0 Å². The predicted octanol–water partition coefficient (Wildman–Crippen LogP) is 2.30. The monoisotopic (exact) mass is 357 g/mol. The lowest BCUT2D eigenvalue weighted by Gasteiger charge is -2.39. The second-order valence-corrected chi connectivity index (χ2v) is 8.15. The number of likely N-dealkylation sites (tertiary alicyclic amines) is 1. The van der Waals surface area contributed by atoms with Crippen molar-refractivity contribution in [2.24, 2.45) is 5.92 Å². The highest BCUT2D eigenvalue weighted by Gasteiger charge is 2.50. The summed E-state index contributed by atoms with van der Waals surface area (Å²) < 4.78 is 24.0. The van der Waals surface area contributed by atoms with Crippen LogP contribution in [0.15, 0.2) is 12.2 Å². The van der Waals surface area contributed by atoms with E-state index in [1.165, 1.54) is 6.92 Å². The van der Waals surface area contributed by atoms with Crippen LogP contribution in [0.1, 0.15) is 40.0 Å². The van der Waals surface area contributed by atoms with E-state index in [2.05, 4.69) is 0 Å². The molecule has 24 heavy (non-hydrogen) atoms. The van der Waals surface area contributed by atoms with Gasteiger partial charge in [0.1, 0.15) is 5.78 Å². The lowest BCUT2D eigenvalue weighted by Crippen LogP contribution is -2.50. The molecule has 134 valence electrons. The molecule has 0 aromatic rings. The molecule has 2 rings (SSSR count). The van der Waals surface area contributed by atoms with Crippen molar-refractivity contribution in [3.63, 3.8) is 0 Å². The van der Waals surface area contributed by atoms with Gasteiger partial charge in [0.15, 0.2) is 0 Å². The number of Topliss-reactive ketones (excluding diaryl/α,β-unsaturated/α-hetero) is 1. The maximum atomic E-state index is 13.2. The van der Waals surface area contributed by atoms with E-state index in [1.54, 1.807) is 26.0 Å². The van der Waals surface area contributed by atoms with Crippen molar-refractivity contribution in [1.82, 2.24) is 4.90 Å². The number of allylic oxidation sites excluding steroid dienone is 1. The Labute approximate surface area is 141 Å². The number of amides is 2. The molecule has 2 amide bonds. The first kappa shape index (κ1) is 19.0. The first-order chi connectivity index (χ1) is 11.4. The average molecular weight is 357 g/mol. The Kier molecular flexibility index (Phi) is 6.12. The van der Waals surface area contributed by atoms with Gasteiger partial charge in [-0.25, -0.2) is 0 Å². The molecule has 2 aliphatic rings. The highest BCUT2D eigenvalue weighted by molar-refractivity contribution is 7.54. The second-order valence-electron chi connectivity index (χ2n) is 5.89. The summed E-state index contributed by atoms with van der Waals surface area (Å²) in [7, 11) is -3.54. The van der Waals surface area contributed by atoms with E-state index in [0.29, 0.717) is 6.42 Å². The number of carbonyl (C=O) groups is 3. The van der Waals surface area contributed by atoms with E-state index in [4.69, 9.17) is 9.05 Å². The van der Waals surface area contributed by atoms with Crippen molar-refractivity contribution in [2.75, 3.05) is 13.2 Å². The van der Waals surface area contributed by atoms with E-state index in [1.807, 2.05) is 0 Å². The lowest BCUT2D eigenvalue weighted by molar-refractivity contribution is -0.142. The fraction of sp³-hybridized carbons (Fsp3) is 0.688. The molecule has 0 radical (unpaired) electrons. The van der Waals surface area contributed by atoms with Crippen LogP contribution in [0.4, 0.5) is 0 Å². The fourth-order valence-electron chi connectivity index (χ4n) is 3.45. The molecule has 8 heteroatoms. The lowest BCUT2D eigenvalue weighted by atomic mass is 9.85. The van der Waals surface area contributed by atoms with Crippen molar-refractivity contribution in [2.45, 2.75) is 51.7 Å². The molecule has 0 spiro atoms. The zero-order chi connectivity index (χ0) is 17.9. The van der Waals surface area contributed by atoms with Crippen LogP contribution in [-0.2, 0) is 28.0 Å². The number of ketones is 1. The zero-order valence-corrected chi connectivity index (χ0v) is 15.2. The number of imide groups is 1. The van der Waals surface area contributed by atoms with Crippen LogP contribution in [-0.4, -0.2) is 47.4 Å². The third kappa shape index (κ3) is 3.53. The number of nitrogens with zero attached hydrogens (tertiary/aromatic N) is 1. The molecular formula is C16H24NO6P. The molecule has 0 aromatic carbocycles. The summed E-state index contributed by atoms with van der Waals surface area (Å²) in [6.45, 7) is 5.18. The quantitative estimate of drug-likeness (QED) is 0.395. The molecule has 1 saturated heterocycles. The third-order valence-electron chi connectivity index (χ3n) is 4.38. The smallest absolute Gasteiger partial charge is 0.309 e. The van der Waals surface area contributed by atoms with Gasteiger partial charge in [-0.05, 0) is 27.2 Å². The Balaban J connectivity index is 2.41. The maximum absolute atomic E-state index is 13.2. The number of rotatable bonds is 7. The largest absolute Gasteiger partial charge is 0.334 e. The molecule has 1 heterocycles. The Morgan fingerprint density at radius 1 is 1.21 bits per heavy atom. The van der Waals surface area contributed by atoms with E-state index in [9.17, 15) is 18.9 Å². The highest BCUT2D eigenvalue weighted by atomic mass is 31.2. The van der Waals surface area contributed by atoms with Crippen molar-refractivity contribution in [3.05, 3.63) is 12.2 Å². The van der Waals surface area contributed by atoms with Gasteiger partial charge in [-0.2, -0.15) is 0 Å². The summed E-state index contributed by atoms with van der Waals surface area (Å²) in [4.78, 5) is 37.6. The van der Waals surface area contributed by atoms with Crippen molar-refractivity contribution in [3.8, 4) is 0 Å². The van der Waals surface area contributed by atoms with Crippen LogP contribution in [0.5, 0.6) is 0 Å². The second kappa shape index (κ2) is 7.72. The average Bonchev–Trinajstić information content (AvgIpc) is 2.85. The molecule has 0 unspecified atom stereocenters. The van der Waals surface area contributed by atoms with Gasteiger partial charge < -0.3 is 9.05 Å². The number of hydrogen-bond donors (Lipinski definition) is 0. The van der Waals surface area contributed by atoms with Crippen molar-refractivity contribution < 1.29 is 28.0 Å². The molecule has 0 bridgehead atoms. The molecule has 1 aliphatic heterocycles. The predicted molar refractivity (Wildman–Crippen MR) is 87.4 cm³/mol. The molecule has 1 aliphatic carbocycles. The minimum absolute atomic E-state index is 0.146. The van der Waals surface area contributed by atoms with Gasteiger partial charge in [0.2, 0.25) is 11.8 Å². The summed E-state index contributed by atoms with van der Waals surface area (Å²) in [6, 6.07) is -0.724. The molecular weight excluding hydrogens is 333 g/mol. The standard InChI is InChI=1S/C16H24NO6P/c1-4-22-24(21,23-5-2)13-8-6-7-12(16(13)11(3)18)17-14(19)9-10-15(17)20/h6-7,12-13,16H,4-5,8-10H2,1-3H3/t12-,13-,16-/m1/s1. The van der Waals surface area contributed by atoms with Crippen LogP contribution in [0.2, 0.25) is 0 Å². The fourth-order valence-corrected chi connectivity index (χ4v) is 5.79. The summed E-state index contributed by atoms with van der Waals surface area (Å²) in [5.41, 5.74) is -0.703. The van der Waals surface area contributed by atoms with Crippen LogP contribution in [0, 0.1) is 5.92 Å². The molecule has 7 nitrogen and oxygen atoms in total. The van der Waals surface area contributed by atoms with E-state index in [0.717, 1.165) is 4.90 Å². The van der Waals surface area contributed by atoms with Gasteiger partial charge in [-0.1, -0.05) is 12.2 Å². The Bertz CT molecular complexity index is 575. The first-order valence-corrected chi connectivity index (χ1v) is 9.87. The Hall–Kier alpha value is -1.30. The van der Waals surface area contributed by atoms with Crippen LogP contribution >= 0.6 is 7.60 Å². The highest BCUT2D eigenvalue weighted by Crippen LogP contribution is 2.58. The normalized spacial score (nSPS) is 27.8. The molecule has 0 aromatic heterocycles. The topological polar surface area (TPSA) is 90.0 Å². The van der Waals surface area contributed by atoms with Gasteiger partial charge in [0, 0.05) is 12.8 Å². The number of hydrogen-bond acceptors (Lipinski definition) is 6. The minimum Gasteiger partial charge on any atom is -0.309 e. The molecule has 0 saturated carbocycles. The van der Waals surface area contributed by atoms with E-state index >= 15 is 0 Å². The molecule has 1 fully saturated rings.